The zero-order valence-electron chi connectivity index (χ0n) is 12.0. The lowest BCUT2D eigenvalue weighted by Gasteiger charge is -2.09. The van der Waals surface area contributed by atoms with Gasteiger partial charge in [0.25, 0.3) is 5.91 Å². The minimum Gasteiger partial charge on any atom is -0.492 e. The first kappa shape index (κ1) is 17.2. The second-order valence-corrected chi connectivity index (χ2v) is 5.43. The van der Waals surface area contributed by atoms with E-state index in [4.69, 9.17) is 9.47 Å². The van der Waals surface area contributed by atoms with Gasteiger partial charge < -0.3 is 14.8 Å². The normalized spacial score (nSPS) is 10.2. The van der Waals surface area contributed by atoms with E-state index < -0.39 is 11.7 Å². The number of hydrogen-bond acceptors (Lipinski definition) is 3. The van der Waals surface area contributed by atoms with Crippen molar-refractivity contribution in [2.24, 2.45) is 0 Å². The third-order valence-corrected chi connectivity index (χ3v) is 3.25. The van der Waals surface area contributed by atoms with E-state index in [1.54, 1.807) is 6.07 Å². The van der Waals surface area contributed by atoms with Crippen LogP contribution in [0.25, 0.3) is 0 Å². The molecular formula is C16H14BrF2NO3. The van der Waals surface area contributed by atoms with Crippen LogP contribution in [0.3, 0.4) is 0 Å². The molecule has 4 nitrogen and oxygen atoms in total. The molecule has 0 fully saturated rings. The van der Waals surface area contributed by atoms with Gasteiger partial charge in [-0.3, -0.25) is 4.79 Å². The Hall–Kier alpha value is -2.15. The van der Waals surface area contributed by atoms with Crippen molar-refractivity contribution in [1.82, 2.24) is 5.32 Å². The van der Waals surface area contributed by atoms with E-state index in [1.807, 2.05) is 0 Å². The Morgan fingerprint density at radius 2 is 1.83 bits per heavy atom. The lowest BCUT2D eigenvalue weighted by molar-refractivity contribution is -0.123. The Morgan fingerprint density at radius 1 is 1.09 bits per heavy atom. The molecule has 2 aromatic rings. The Bertz CT molecular complexity index is 665. The van der Waals surface area contributed by atoms with Crippen molar-refractivity contribution in [2.45, 2.75) is 0 Å². The molecule has 0 saturated carbocycles. The van der Waals surface area contributed by atoms with Gasteiger partial charge in [-0.05, 0) is 42.5 Å². The summed E-state index contributed by atoms with van der Waals surface area (Å²) in [6.45, 7) is 0.182. The summed E-state index contributed by atoms with van der Waals surface area (Å²) in [6, 6.07) is 9.87. The van der Waals surface area contributed by atoms with Crippen LogP contribution in [0.5, 0.6) is 11.5 Å². The largest absolute Gasteiger partial charge is 0.492 e. The molecule has 1 amide bonds. The molecule has 0 saturated heterocycles. The predicted octanol–water partition coefficient (Wildman–Crippen LogP) is 3.30. The van der Waals surface area contributed by atoms with Crippen LogP contribution in [0.15, 0.2) is 46.9 Å². The summed E-state index contributed by atoms with van der Waals surface area (Å²) in [5.41, 5.74) is 0. The topological polar surface area (TPSA) is 47.6 Å². The van der Waals surface area contributed by atoms with Crippen molar-refractivity contribution < 1.29 is 23.0 Å². The number of hydrogen-bond donors (Lipinski definition) is 1. The van der Waals surface area contributed by atoms with E-state index in [0.29, 0.717) is 10.2 Å². The monoisotopic (exact) mass is 385 g/mol. The summed E-state index contributed by atoms with van der Waals surface area (Å²) in [6.07, 6.45) is 0. The summed E-state index contributed by atoms with van der Waals surface area (Å²) < 4.78 is 37.2. The van der Waals surface area contributed by atoms with Gasteiger partial charge in [-0.2, -0.15) is 0 Å². The average Bonchev–Trinajstić information content (AvgIpc) is 2.52. The van der Waals surface area contributed by atoms with E-state index in [1.165, 1.54) is 36.4 Å². The molecule has 2 rings (SSSR count). The summed E-state index contributed by atoms with van der Waals surface area (Å²) in [5.74, 6) is -0.774. The molecule has 0 bridgehead atoms. The first-order valence-corrected chi connectivity index (χ1v) is 7.57. The van der Waals surface area contributed by atoms with Crippen LogP contribution in [-0.4, -0.2) is 25.7 Å². The summed E-state index contributed by atoms with van der Waals surface area (Å²) in [4.78, 5) is 11.6. The van der Waals surface area contributed by atoms with Gasteiger partial charge in [0.2, 0.25) is 0 Å². The highest BCUT2D eigenvalue weighted by Gasteiger charge is 2.07. The maximum absolute atomic E-state index is 13.5. The van der Waals surface area contributed by atoms with Gasteiger partial charge >= 0.3 is 0 Å². The minimum atomic E-state index is -0.549. The third kappa shape index (κ3) is 5.86. The van der Waals surface area contributed by atoms with Crippen molar-refractivity contribution in [1.29, 1.82) is 0 Å². The number of nitrogens with one attached hydrogen (secondary N) is 1. The lowest BCUT2D eigenvalue weighted by atomic mass is 10.3. The van der Waals surface area contributed by atoms with Crippen LogP contribution in [0.1, 0.15) is 0 Å². The van der Waals surface area contributed by atoms with E-state index in [2.05, 4.69) is 21.2 Å². The highest BCUT2D eigenvalue weighted by atomic mass is 79.9. The zero-order chi connectivity index (χ0) is 16.7. The maximum Gasteiger partial charge on any atom is 0.258 e. The fourth-order valence-corrected chi connectivity index (χ4v) is 2.01. The molecule has 2 aromatic carbocycles. The van der Waals surface area contributed by atoms with Crippen LogP contribution in [-0.2, 0) is 4.79 Å². The van der Waals surface area contributed by atoms with E-state index >= 15 is 0 Å². The van der Waals surface area contributed by atoms with Gasteiger partial charge in [0.05, 0.1) is 6.54 Å². The molecule has 0 aromatic heterocycles. The highest BCUT2D eigenvalue weighted by molar-refractivity contribution is 9.10. The van der Waals surface area contributed by atoms with Gasteiger partial charge in [-0.15, -0.1) is 0 Å². The van der Waals surface area contributed by atoms with E-state index in [9.17, 15) is 13.6 Å². The van der Waals surface area contributed by atoms with E-state index in [-0.39, 0.29) is 31.3 Å². The maximum atomic E-state index is 13.5. The molecule has 0 atom stereocenters. The molecule has 7 heteroatoms. The lowest BCUT2D eigenvalue weighted by Crippen LogP contribution is -2.32. The van der Waals surface area contributed by atoms with Crippen molar-refractivity contribution >= 4 is 21.8 Å². The number of benzene rings is 2. The van der Waals surface area contributed by atoms with Gasteiger partial charge in [0.15, 0.2) is 18.2 Å². The van der Waals surface area contributed by atoms with Gasteiger partial charge in [-0.25, -0.2) is 8.78 Å². The van der Waals surface area contributed by atoms with Crippen LogP contribution in [0, 0.1) is 11.6 Å². The SMILES string of the molecule is O=C(COc1ccc(Br)cc1F)NCCOc1ccc(F)cc1. The van der Waals surface area contributed by atoms with Crippen LogP contribution in [0.2, 0.25) is 0 Å². The molecule has 0 aliphatic carbocycles. The minimum absolute atomic E-state index is 0.00547. The van der Waals surface area contributed by atoms with Crippen molar-refractivity contribution in [2.75, 3.05) is 19.8 Å². The molecule has 0 aliphatic rings. The third-order valence-electron chi connectivity index (χ3n) is 2.76. The van der Waals surface area contributed by atoms with E-state index in [0.717, 1.165) is 0 Å². The Kier molecular flexibility index (Phi) is 6.34. The first-order valence-electron chi connectivity index (χ1n) is 6.77. The predicted molar refractivity (Wildman–Crippen MR) is 84.5 cm³/mol. The van der Waals surface area contributed by atoms with Crippen molar-refractivity contribution in [3.63, 3.8) is 0 Å². The highest BCUT2D eigenvalue weighted by Crippen LogP contribution is 2.21. The van der Waals surface area contributed by atoms with Gasteiger partial charge in [-0.1, -0.05) is 15.9 Å². The Morgan fingerprint density at radius 3 is 2.52 bits per heavy atom. The molecule has 0 spiro atoms. The van der Waals surface area contributed by atoms with Gasteiger partial charge in [0.1, 0.15) is 18.2 Å². The average molecular weight is 386 g/mol. The standard InChI is InChI=1S/C16H14BrF2NO3/c17-11-1-6-15(14(19)9-11)23-10-16(21)20-7-8-22-13-4-2-12(18)3-5-13/h1-6,9H,7-8,10H2,(H,20,21). The second-order valence-electron chi connectivity index (χ2n) is 4.52. The fourth-order valence-electron chi connectivity index (χ4n) is 1.68. The quantitative estimate of drug-likeness (QED) is 0.743. The van der Waals surface area contributed by atoms with Gasteiger partial charge in [0, 0.05) is 4.47 Å². The smallest absolute Gasteiger partial charge is 0.258 e. The molecule has 1 N–H and O–H groups in total. The van der Waals surface area contributed by atoms with Crippen LogP contribution in [0.4, 0.5) is 8.78 Å². The number of amides is 1. The molecule has 23 heavy (non-hydrogen) atoms. The molecular weight excluding hydrogens is 372 g/mol. The zero-order valence-corrected chi connectivity index (χ0v) is 13.6. The summed E-state index contributed by atoms with van der Waals surface area (Å²) >= 11 is 3.13. The number of carbonyl (C=O) groups is 1. The molecule has 0 heterocycles. The molecule has 0 aliphatic heterocycles. The fraction of sp³-hybridized carbons (Fsp3) is 0.188. The van der Waals surface area contributed by atoms with Crippen molar-refractivity contribution in [3.05, 3.63) is 58.6 Å². The van der Waals surface area contributed by atoms with Crippen LogP contribution < -0.4 is 14.8 Å². The number of rotatable bonds is 7. The Balaban J connectivity index is 1.66. The second kappa shape index (κ2) is 8.47. The molecule has 0 unspecified atom stereocenters. The molecule has 0 radical (unpaired) electrons. The Labute approximate surface area is 140 Å². The molecule has 122 valence electrons. The number of ether oxygens (including phenoxy) is 2. The van der Waals surface area contributed by atoms with Crippen LogP contribution >= 0.6 is 15.9 Å². The number of carbonyl (C=O) groups excluding carboxylic acids is 1. The summed E-state index contributed by atoms with van der Waals surface area (Å²) in [7, 11) is 0. The first-order chi connectivity index (χ1) is 11.0. The summed E-state index contributed by atoms with van der Waals surface area (Å²) in [5, 5.41) is 2.57. The van der Waals surface area contributed by atoms with Crippen molar-refractivity contribution in [3.8, 4) is 11.5 Å². The number of halogens is 3.